The molecular weight excluding hydrogens is 394 g/mol. The molecule has 27 heavy (non-hydrogen) atoms. The van der Waals surface area contributed by atoms with Crippen molar-refractivity contribution in [2.75, 3.05) is 4.72 Å². The van der Waals surface area contributed by atoms with Crippen LogP contribution in [-0.2, 0) is 24.3 Å². The molecule has 1 aliphatic heterocycles. The Kier molecular flexibility index (Phi) is 5.38. The maximum Gasteiger partial charge on any atom is 0.347 e. The quantitative estimate of drug-likeness (QED) is 0.762. The maximum absolute atomic E-state index is 12.5. The molecule has 3 rings (SSSR count). The van der Waals surface area contributed by atoms with Crippen molar-refractivity contribution < 1.29 is 27.5 Å². The molecule has 0 spiro atoms. The number of carbonyl (C=O) groups excluding carboxylic acids is 2. The normalized spacial score (nSPS) is 19.4. The van der Waals surface area contributed by atoms with Crippen molar-refractivity contribution in [3.05, 3.63) is 59.1 Å². The van der Waals surface area contributed by atoms with E-state index in [9.17, 15) is 18.0 Å². The number of carbonyl (C=O) groups is 2. The van der Waals surface area contributed by atoms with Gasteiger partial charge in [0.15, 0.2) is 0 Å². The molecule has 1 fully saturated rings. The number of anilines is 1. The number of cyclic esters (lactones) is 1. The van der Waals surface area contributed by atoms with Crippen LogP contribution in [0.1, 0.15) is 23.7 Å². The van der Waals surface area contributed by atoms with Gasteiger partial charge in [-0.1, -0.05) is 23.7 Å². The first-order valence-electron chi connectivity index (χ1n) is 8.05. The first kappa shape index (κ1) is 19.2. The van der Waals surface area contributed by atoms with Gasteiger partial charge in [-0.25, -0.2) is 18.0 Å². The van der Waals surface area contributed by atoms with E-state index in [0.717, 1.165) is 0 Å². The van der Waals surface area contributed by atoms with Gasteiger partial charge in [-0.05, 0) is 43.3 Å². The largest absolute Gasteiger partial charge is 0.460 e. The highest BCUT2D eigenvalue weighted by molar-refractivity contribution is 7.92. The van der Waals surface area contributed by atoms with Crippen LogP contribution in [0.5, 0.6) is 0 Å². The van der Waals surface area contributed by atoms with E-state index in [1.807, 2.05) is 0 Å². The number of sulfonamides is 1. The number of nitrogens with one attached hydrogen (secondary N) is 1. The minimum atomic E-state index is -3.94. The molecule has 0 bridgehead atoms. The molecule has 2 atom stereocenters. The first-order valence-corrected chi connectivity index (χ1v) is 9.91. The number of esters is 2. The summed E-state index contributed by atoms with van der Waals surface area (Å²) in [6, 6.07) is 11.6. The summed E-state index contributed by atoms with van der Waals surface area (Å²) in [5.41, 5.74) is 0.0271. The summed E-state index contributed by atoms with van der Waals surface area (Å²) in [5, 5.41) is 0.399. The number of benzene rings is 2. The van der Waals surface area contributed by atoms with Gasteiger partial charge in [0.05, 0.1) is 16.1 Å². The Morgan fingerprint density at radius 1 is 1.19 bits per heavy atom. The van der Waals surface area contributed by atoms with Gasteiger partial charge in [-0.15, -0.1) is 0 Å². The predicted octanol–water partition coefficient (Wildman–Crippen LogP) is 3.00. The SMILES string of the molecule is C[C@H]1C[C@H](OC(=O)c2ccccc2NS(=O)(=O)c2ccc(Cl)cc2)C(=O)O1. The smallest absolute Gasteiger partial charge is 0.347 e. The van der Waals surface area contributed by atoms with E-state index >= 15 is 0 Å². The van der Waals surface area contributed by atoms with Crippen LogP contribution in [0.3, 0.4) is 0 Å². The Hall–Kier alpha value is -2.58. The zero-order chi connectivity index (χ0) is 19.6. The van der Waals surface area contributed by atoms with E-state index in [1.165, 1.54) is 36.4 Å². The van der Waals surface area contributed by atoms with Crippen molar-refractivity contribution in [1.82, 2.24) is 0 Å². The number of rotatable bonds is 5. The molecule has 0 amide bonds. The standard InChI is InChI=1S/C18H16ClNO6S/c1-11-10-16(18(22)25-11)26-17(21)14-4-2-3-5-15(14)20-27(23,24)13-8-6-12(19)7-9-13/h2-9,11,16,20H,10H2,1H3/t11-,16-/m0/s1. The third-order valence-corrected chi connectivity index (χ3v) is 5.52. The second kappa shape index (κ2) is 7.58. The van der Waals surface area contributed by atoms with Crippen LogP contribution < -0.4 is 4.72 Å². The fourth-order valence-electron chi connectivity index (χ4n) is 2.58. The molecule has 1 saturated heterocycles. The van der Waals surface area contributed by atoms with E-state index < -0.39 is 28.1 Å². The minimum Gasteiger partial charge on any atom is -0.460 e. The van der Waals surface area contributed by atoms with E-state index in [2.05, 4.69) is 4.72 Å². The van der Waals surface area contributed by atoms with Gasteiger partial charge in [-0.3, -0.25) is 4.72 Å². The molecule has 142 valence electrons. The molecule has 0 unspecified atom stereocenters. The highest BCUT2D eigenvalue weighted by atomic mass is 35.5. The number of hydrogen-bond acceptors (Lipinski definition) is 6. The Morgan fingerprint density at radius 3 is 2.48 bits per heavy atom. The zero-order valence-corrected chi connectivity index (χ0v) is 15.8. The Morgan fingerprint density at radius 2 is 1.85 bits per heavy atom. The summed E-state index contributed by atoms with van der Waals surface area (Å²) < 4.78 is 37.6. The van der Waals surface area contributed by atoms with Crippen molar-refractivity contribution >= 4 is 39.3 Å². The maximum atomic E-state index is 12.5. The average molecular weight is 410 g/mol. The summed E-state index contributed by atoms with van der Waals surface area (Å²) in [5.74, 6) is -1.43. The third kappa shape index (κ3) is 4.40. The van der Waals surface area contributed by atoms with Crippen molar-refractivity contribution in [3.8, 4) is 0 Å². The van der Waals surface area contributed by atoms with Gasteiger partial charge in [0.2, 0.25) is 6.10 Å². The number of halogens is 1. The van der Waals surface area contributed by atoms with Gasteiger partial charge in [-0.2, -0.15) is 0 Å². The van der Waals surface area contributed by atoms with Crippen LogP contribution in [0, 0.1) is 0 Å². The van der Waals surface area contributed by atoms with E-state index in [0.29, 0.717) is 5.02 Å². The van der Waals surface area contributed by atoms with E-state index in [-0.39, 0.29) is 28.7 Å². The summed E-state index contributed by atoms with van der Waals surface area (Å²) in [6.07, 6.45) is -1.09. The van der Waals surface area contributed by atoms with Gasteiger partial charge in [0, 0.05) is 11.4 Å². The van der Waals surface area contributed by atoms with Gasteiger partial charge >= 0.3 is 11.9 Å². The molecule has 1 heterocycles. The highest BCUT2D eigenvalue weighted by Gasteiger charge is 2.35. The highest BCUT2D eigenvalue weighted by Crippen LogP contribution is 2.24. The topological polar surface area (TPSA) is 98.8 Å². The van der Waals surface area contributed by atoms with Crippen molar-refractivity contribution in [2.24, 2.45) is 0 Å². The van der Waals surface area contributed by atoms with Crippen LogP contribution >= 0.6 is 11.6 Å². The van der Waals surface area contributed by atoms with Gasteiger partial charge in [0.25, 0.3) is 10.0 Å². The monoisotopic (exact) mass is 409 g/mol. The van der Waals surface area contributed by atoms with Gasteiger partial charge < -0.3 is 9.47 Å². The van der Waals surface area contributed by atoms with Crippen LogP contribution in [0.15, 0.2) is 53.4 Å². The minimum absolute atomic E-state index is 0.0109. The van der Waals surface area contributed by atoms with E-state index in [1.54, 1.807) is 19.1 Å². The van der Waals surface area contributed by atoms with Crippen LogP contribution in [-0.4, -0.2) is 32.6 Å². The Balaban J connectivity index is 1.82. The Labute approximate surface area is 161 Å². The lowest BCUT2D eigenvalue weighted by Crippen LogP contribution is -2.24. The van der Waals surface area contributed by atoms with Crippen LogP contribution in [0.2, 0.25) is 5.02 Å². The lowest BCUT2D eigenvalue weighted by Gasteiger charge is -2.13. The average Bonchev–Trinajstić information content (AvgIpc) is 2.92. The predicted molar refractivity (Wildman–Crippen MR) is 98.1 cm³/mol. The molecule has 1 N–H and O–H groups in total. The first-order chi connectivity index (χ1) is 12.8. The molecule has 9 heteroatoms. The third-order valence-electron chi connectivity index (χ3n) is 3.89. The Bertz CT molecular complexity index is 974. The molecule has 2 aromatic rings. The summed E-state index contributed by atoms with van der Waals surface area (Å²) in [6.45, 7) is 1.69. The molecule has 0 radical (unpaired) electrons. The lowest BCUT2D eigenvalue weighted by molar-refractivity contribution is -0.147. The van der Waals surface area contributed by atoms with Gasteiger partial charge in [0.1, 0.15) is 6.10 Å². The summed E-state index contributed by atoms with van der Waals surface area (Å²) in [4.78, 5) is 24.1. The van der Waals surface area contributed by atoms with Crippen molar-refractivity contribution in [2.45, 2.75) is 30.4 Å². The fourth-order valence-corrected chi connectivity index (χ4v) is 3.78. The molecule has 1 aliphatic rings. The molecule has 0 aliphatic carbocycles. The number of hydrogen-bond donors (Lipinski definition) is 1. The second-order valence-electron chi connectivity index (χ2n) is 5.98. The summed E-state index contributed by atoms with van der Waals surface area (Å²) in [7, 11) is -3.94. The zero-order valence-electron chi connectivity index (χ0n) is 14.2. The molecule has 7 nitrogen and oxygen atoms in total. The summed E-state index contributed by atoms with van der Waals surface area (Å²) >= 11 is 5.78. The van der Waals surface area contributed by atoms with E-state index in [4.69, 9.17) is 21.1 Å². The second-order valence-corrected chi connectivity index (χ2v) is 8.10. The fraction of sp³-hybridized carbons (Fsp3) is 0.222. The molecule has 0 aromatic heterocycles. The molecule has 2 aromatic carbocycles. The van der Waals surface area contributed by atoms with Crippen molar-refractivity contribution in [3.63, 3.8) is 0 Å². The lowest BCUT2D eigenvalue weighted by atomic mass is 10.2. The number of para-hydroxylation sites is 1. The van der Waals surface area contributed by atoms with Crippen molar-refractivity contribution in [1.29, 1.82) is 0 Å². The molecule has 0 saturated carbocycles. The van der Waals surface area contributed by atoms with Crippen LogP contribution in [0.25, 0.3) is 0 Å². The molecular formula is C18H16ClNO6S. The number of ether oxygens (including phenoxy) is 2. The van der Waals surface area contributed by atoms with Crippen LogP contribution in [0.4, 0.5) is 5.69 Å².